The summed E-state index contributed by atoms with van der Waals surface area (Å²) >= 11 is 0. The average molecular weight is 192 g/mol. The van der Waals surface area contributed by atoms with Gasteiger partial charge in [0.1, 0.15) is 5.82 Å². The molecule has 75 valence electrons. The van der Waals surface area contributed by atoms with E-state index in [1.165, 1.54) is 0 Å². The van der Waals surface area contributed by atoms with Gasteiger partial charge in [0.05, 0.1) is 0 Å². The van der Waals surface area contributed by atoms with Crippen LogP contribution in [0.5, 0.6) is 0 Å². The first-order valence-electron chi connectivity index (χ1n) is 5.23. The first-order chi connectivity index (χ1) is 6.86. The summed E-state index contributed by atoms with van der Waals surface area (Å²) in [5.74, 6) is 0.569. The average Bonchev–Trinajstić information content (AvgIpc) is 2.23. The van der Waals surface area contributed by atoms with Crippen molar-refractivity contribution in [2.75, 3.05) is 13.1 Å². The van der Waals surface area contributed by atoms with Crippen LogP contribution in [0.1, 0.15) is 18.4 Å². The van der Waals surface area contributed by atoms with Gasteiger partial charge in [-0.3, -0.25) is 0 Å². The molecule has 14 heavy (non-hydrogen) atoms. The van der Waals surface area contributed by atoms with Crippen molar-refractivity contribution in [1.82, 2.24) is 5.32 Å². The molecule has 1 aromatic rings. The van der Waals surface area contributed by atoms with Gasteiger partial charge in [0.25, 0.3) is 0 Å². The maximum atomic E-state index is 13.3. The molecule has 1 nitrogen and oxygen atoms in total. The Hall–Kier alpha value is -0.890. The predicted molar refractivity (Wildman–Crippen MR) is 54.7 cm³/mol. The van der Waals surface area contributed by atoms with E-state index in [9.17, 15) is 4.39 Å². The largest absolute Gasteiger partial charge is 0.242 e. The molecule has 0 spiro atoms. The molecule has 0 saturated carbocycles. The second-order valence-electron chi connectivity index (χ2n) is 3.91. The summed E-state index contributed by atoms with van der Waals surface area (Å²) in [6.07, 6.45) is 3.12. The molecule has 0 amide bonds. The van der Waals surface area contributed by atoms with E-state index in [4.69, 9.17) is 0 Å². The fourth-order valence-electron chi connectivity index (χ4n) is 1.98. The number of rotatable bonds is 2. The van der Waals surface area contributed by atoms with Gasteiger partial charge < -0.3 is 0 Å². The Morgan fingerprint density at radius 2 is 1.93 bits per heavy atom. The maximum Gasteiger partial charge on any atom is 0.126 e. The van der Waals surface area contributed by atoms with Crippen molar-refractivity contribution in [3.63, 3.8) is 0 Å². The van der Waals surface area contributed by atoms with Crippen molar-refractivity contribution in [2.24, 2.45) is 5.92 Å². The molecule has 1 aromatic carbocycles. The van der Waals surface area contributed by atoms with Gasteiger partial charge in [0.15, 0.2) is 0 Å². The lowest BCUT2D eigenvalue weighted by Crippen LogP contribution is -2.23. The third kappa shape index (κ3) is 2.32. The highest BCUT2D eigenvalue weighted by atomic mass is 19.1. The number of piperidine rings is 1. The van der Waals surface area contributed by atoms with E-state index < -0.39 is 0 Å². The lowest BCUT2D eigenvalue weighted by molar-refractivity contribution is 0.364. The van der Waals surface area contributed by atoms with E-state index in [2.05, 4.69) is 5.32 Å². The third-order valence-electron chi connectivity index (χ3n) is 2.86. The van der Waals surface area contributed by atoms with Crippen molar-refractivity contribution in [3.05, 3.63) is 35.6 Å². The minimum absolute atomic E-state index is 0.0602. The zero-order chi connectivity index (χ0) is 9.80. The molecule has 1 aliphatic rings. The van der Waals surface area contributed by atoms with Crippen LogP contribution in [0.3, 0.4) is 0 Å². The van der Waals surface area contributed by atoms with E-state index in [0.717, 1.165) is 37.9 Å². The van der Waals surface area contributed by atoms with Gasteiger partial charge in [-0.25, -0.2) is 9.71 Å². The Morgan fingerprint density at radius 1 is 1.21 bits per heavy atom. The van der Waals surface area contributed by atoms with E-state index in [-0.39, 0.29) is 5.82 Å². The first-order valence-corrected chi connectivity index (χ1v) is 5.23. The molecule has 1 saturated heterocycles. The highest BCUT2D eigenvalue weighted by molar-refractivity contribution is 5.17. The zero-order valence-electron chi connectivity index (χ0n) is 8.25. The summed E-state index contributed by atoms with van der Waals surface area (Å²) in [6, 6.07) is 7.09. The van der Waals surface area contributed by atoms with Crippen molar-refractivity contribution < 1.29 is 4.39 Å². The van der Waals surface area contributed by atoms with Crippen molar-refractivity contribution in [1.29, 1.82) is 0 Å². The molecular weight excluding hydrogens is 177 g/mol. The van der Waals surface area contributed by atoms with E-state index in [1.54, 1.807) is 12.1 Å². The van der Waals surface area contributed by atoms with Gasteiger partial charge in [0, 0.05) is 13.1 Å². The first kappa shape index (κ1) is 9.66. The summed E-state index contributed by atoms with van der Waals surface area (Å²) in [4.78, 5) is 0. The smallest absolute Gasteiger partial charge is 0.126 e. The van der Waals surface area contributed by atoms with E-state index in [1.807, 2.05) is 12.1 Å². The van der Waals surface area contributed by atoms with Crippen molar-refractivity contribution in [3.8, 4) is 0 Å². The van der Waals surface area contributed by atoms with Gasteiger partial charge >= 0.3 is 0 Å². The van der Waals surface area contributed by atoms with Gasteiger partial charge in [-0.2, -0.15) is 0 Å². The third-order valence-corrected chi connectivity index (χ3v) is 2.86. The van der Waals surface area contributed by atoms with Crippen molar-refractivity contribution in [2.45, 2.75) is 19.3 Å². The molecule has 1 heterocycles. The molecular formula is C12H15FN. The number of hydrogen-bond acceptors (Lipinski definition) is 0. The molecule has 0 N–H and O–H groups in total. The number of hydrogen-bond donors (Lipinski definition) is 0. The Balaban J connectivity index is 1.99. The highest BCUT2D eigenvalue weighted by Gasteiger charge is 2.15. The molecule has 0 aromatic heterocycles. The van der Waals surface area contributed by atoms with E-state index >= 15 is 0 Å². The fraction of sp³-hybridized carbons (Fsp3) is 0.500. The molecule has 0 aliphatic carbocycles. The quantitative estimate of drug-likeness (QED) is 0.683. The van der Waals surface area contributed by atoms with Gasteiger partial charge in [-0.15, -0.1) is 0 Å². The summed E-state index contributed by atoms with van der Waals surface area (Å²) in [6.45, 7) is 1.91. The van der Waals surface area contributed by atoms with Crippen molar-refractivity contribution >= 4 is 0 Å². The van der Waals surface area contributed by atoms with Gasteiger partial charge in [-0.05, 0) is 36.8 Å². The minimum atomic E-state index is -0.0602. The van der Waals surface area contributed by atoms with Crippen LogP contribution in [-0.2, 0) is 6.42 Å². The molecule has 0 unspecified atom stereocenters. The maximum absolute atomic E-state index is 13.3. The normalized spacial score (nSPS) is 18.4. The second-order valence-corrected chi connectivity index (χ2v) is 3.91. The fourth-order valence-corrected chi connectivity index (χ4v) is 1.98. The summed E-state index contributed by atoms with van der Waals surface area (Å²) in [5.41, 5.74) is 0.861. The van der Waals surface area contributed by atoms with Crippen LogP contribution in [0.25, 0.3) is 0 Å². The number of benzene rings is 1. The predicted octanol–water partition coefficient (Wildman–Crippen LogP) is 2.38. The monoisotopic (exact) mass is 192 g/mol. The Bertz CT molecular complexity index is 292. The summed E-state index contributed by atoms with van der Waals surface area (Å²) in [7, 11) is 0. The molecule has 2 rings (SSSR count). The van der Waals surface area contributed by atoms with Gasteiger partial charge in [-0.1, -0.05) is 18.2 Å². The topological polar surface area (TPSA) is 14.1 Å². The lowest BCUT2D eigenvalue weighted by atomic mass is 9.91. The van der Waals surface area contributed by atoms with Crippen LogP contribution in [0.15, 0.2) is 24.3 Å². The SMILES string of the molecule is Fc1ccccc1CC1CC[N]CC1. The molecule has 1 fully saturated rings. The Morgan fingerprint density at radius 3 is 2.64 bits per heavy atom. The van der Waals surface area contributed by atoms with Crippen LogP contribution in [0, 0.1) is 11.7 Å². The van der Waals surface area contributed by atoms with Gasteiger partial charge in [0.2, 0.25) is 0 Å². The molecule has 0 bridgehead atoms. The number of nitrogens with zero attached hydrogens (tertiary/aromatic N) is 1. The Labute approximate surface area is 84.3 Å². The van der Waals surface area contributed by atoms with Crippen LogP contribution < -0.4 is 5.32 Å². The summed E-state index contributed by atoms with van der Waals surface area (Å²) in [5, 5.41) is 4.30. The van der Waals surface area contributed by atoms with Crippen LogP contribution >= 0.6 is 0 Å². The summed E-state index contributed by atoms with van der Waals surface area (Å²) < 4.78 is 13.3. The highest BCUT2D eigenvalue weighted by Crippen LogP contribution is 2.19. The standard InChI is InChI=1S/C12H15FN/c13-12-4-2-1-3-11(12)9-10-5-7-14-8-6-10/h1-4,10H,5-9H2. The lowest BCUT2D eigenvalue weighted by Gasteiger charge is -2.21. The minimum Gasteiger partial charge on any atom is -0.242 e. The second kappa shape index (κ2) is 4.56. The van der Waals surface area contributed by atoms with E-state index in [0.29, 0.717) is 5.92 Å². The Kier molecular flexibility index (Phi) is 3.14. The molecule has 0 atom stereocenters. The molecule has 2 heteroatoms. The van der Waals surface area contributed by atoms with Crippen LogP contribution in [0.4, 0.5) is 4.39 Å². The molecule has 1 radical (unpaired) electrons. The zero-order valence-corrected chi connectivity index (χ0v) is 8.25. The number of halogens is 1. The van der Waals surface area contributed by atoms with Crippen LogP contribution in [-0.4, -0.2) is 13.1 Å². The molecule has 1 aliphatic heterocycles. The van der Waals surface area contributed by atoms with Crippen LogP contribution in [0.2, 0.25) is 0 Å².